The zero-order valence-corrected chi connectivity index (χ0v) is 7.60. The predicted molar refractivity (Wildman–Crippen MR) is 7.23 cm³/mol. The molecular formula is H4AuClNaO2+3. The molecular weight excluding hydrogens is 287 g/mol. The smallest absolute Gasteiger partial charge is 1.00 e. The van der Waals surface area contributed by atoms with Crippen molar-refractivity contribution in [1.29, 1.82) is 0 Å². The topological polar surface area (TPSA) is 63.0 Å². The van der Waals surface area contributed by atoms with E-state index < -0.39 is 0 Å². The summed E-state index contributed by atoms with van der Waals surface area (Å²) in [6.45, 7) is 0. The van der Waals surface area contributed by atoms with Crippen LogP contribution in [-0.4, -0.2) is 11.0 Å². The van der Waals surface area contributed by atoms with Gasteiger partial charge in [-0.15, -0.1) is 0 Å². The third-order valence-electron chi connectivity index (χ3n) is 0. The van der Waals surface area contributed by atoms with Crippen molar-refractivity contribution in [2.45, 2.75) is 0 Å². The Labute approximate surface area is 74.5 Å². The zero-order valence-electron chi connectivity index (χ0n) is 2.68. The van der Waals surface area contributed by atoms with Crippen LogP contribution >= 0.6 is 0 Å². The van der Waals surface area contributed by atoms with Crippen molar-refractivity contribution in [2.24, 2.45) is 0 Å². The molecule has 0 aliphatic heterocycles. The molecule has 0 heterocycles. The number of hydrogen-bond acceptors (Lipinski definition) is 0. The summed E-state index contributed by atoms with van der Waals surface area (Å²) < 4.78 is 0. The van der Waals surface area contributed by atoms with Gasteiger partial charge in [0.25, 0.3) is 0 Å². The Morgan fingerprint density at radius 3 is 0.800 bits per heavy atom. The Morgan fingerprint density at radius 2 is 0.800 bits per heavy atom. The maximum absolute atomic E-state index is 0. The molecule has 5 heteroatoms. The van der Waals surface area contributed by atoms with Gasteiger partial charge in [-0.2, -0.15) is 0 Å². The average Bonchev–Trinajstić information content (AvgIpc) is 0. The van der Waals surface area contributed by atoms with Crippen LogP contribution < -0.4 is 42.0 Å². The summed E-state index contributed by atoms with van der Waals surface area (Å²) >= 11 is 0. The molecule has 0 amide bonds. The van der Waals surface area contributed by atoms with Crippen molar-refractivity contribution in [3.05, 3.63) is 0 Å². The molecule has 0 unspecified atom stereocenters. The van der Waals surface area contributed by atoms with E-state index in [0.717, 1.165) is 0 Å². The normalized spacial score (nSPS) is 0. The SMILES string of the molecule is O.O.[Au+3].[Cl-].[Na+]. The van der Waals surface area contributed by atoms with Crippen LogP contribution in [0.2, 0.25) is 0 Å². The average molecular weight is 291 g/mol. The molecule has 0 aromatic carbocycles. The molecule has 0 aliphatic rings. The van der Waals surface area contributed by atoms with Crippen LogP contribution in [0.1, 0.15) is 0 Å². The number of halogens is 1. The molecule has 0 rings (SSSR count). The minimum atomic E-state index is 0. The zero-order chi connectivity index (χ0) is 0. The Morgan fingerprint density at radius 1 is 0.800 bits per heavy atom. The second-order valence-corrected chi connectivity index (χ2v) is 0. The van der Waals surface area contributed by atoms with Gasteiger partial charge in [0.05, 0.1) is 0 Å². The van der Waals surface area contributed by atoms with E-state index >= 15 is 0 Å². The fourth-order valence-corrected chi connectivity index (χ4v) is 0. The largest absolute Gasteiger partial charge is 3.00 e. The summed E-state index contributed by atoms with van der Waals surface area (Å²) in [6.07, 6.45) is 0. The molecule has 0 aromatic rings. The number of rotatable bonds is 0. The molecule has 5 heavy (non-hydrogen) atoms. The summed E-state index contributed by atoms with van der Waals surface area (Å²) in [6, 6.07) is 0. The molecule has 0 spiro atoms. The molecule has 0 atom stereocenters. The first-order valence-electron chi connectivity index (χ1n) is 0. The minimum absolute atomic E-state index is 0. The summed E-state index contributed by atoms with van der Waals surface area (Å²) in [5.74, 6) is 0. The van der Waals surface area contributed by atoms with Gasteiger partial charge < -0.3 is 23.4 Å². The van der Waals surface area contributed by atoms with Crippen LogP contribution in [0.25, 0.3) is 0 Å². The van der Waals surface area contributed by atoms with Crippen molar-refractivity contribution < 1.29 is 75.3 Å². The molecule has 4 N–H and O–H groups in total. The fourth-order valence-electron chi connectivity index (χ4n) is 0. The second-order valence-electron chi connectivity index (χ2n) is 0. The van der Waals surface area contributed by atoms with E-state index in [4.69, 9.17) is 0 Å². The molecule has 0 aliphatic carbocycles. The first-order chi connectivity index (χ1) is 0. The molecule has 0 bridgehead atoms. The van der Waals surface area contributed by atoms with Gasteiger partial charge in [-0.05, 0) is 0 Å². The third kappa shape index (κ3) is 24.4. The van der Waals surface area contributed by atoms with Gasteiger partial charge in [-0.3, -0.25) is 0 Å². The molecule has 0 saturated carbocycles. The van der Waals surface area contributed by atoms with Crippen LogP contribution in [-0.2, 0) is 22.4 Å². The molecule has 0 aromatic heterocycles. The summed E-state index contributed by atoms with van der Waals surface area (Å²) in [5, 5.41) is 0. The summed E-state index contributed by atoms with van der Waals surface area (Å²) in [4.78, 5) is 0. The van der Waals surface area contributed by atoms with Crippen LogP contribution in [0.5, 0.6) is 0 Å². The standard InChI is InChI=1S/Au.ClH.Na.2H2O/h;1H;;2*1H2/q+3;;+1;;/p-1. The van der Waals surface area contributed by atoms with Crippen LogP contribution in [0.15, 0.2) is 0 Å². The van der Waals surface area contributed by atoms with Gasteiger partial charge in [0.2, 0.25) is 0 Å². The molecule has 0 saturated heterocycles. The van der Waals surface area contributed by atoms with Crippen molar-refractivity contribution in [3.8, 4) is 0 Å². The third-order valence-corrected chi connectivity index (χ3v) is 0. The maximum atomic E-state index is 0. The molecule has 32 valence electrons. The van der Waals surface area contributed by atoms with Crippen molar-refractivity contribution in [1.82, 2.24) is 0 Å². The van der Waals surface area contributed by atoms with Crippen molar-refractivity contribution >= 4 is 0 Å². The van der Waals surface area contributed by atoms with Gasteiger partial charge in [-0.1, -0.05) is 0 Å². The van der Waals surface area contributed by atoms with Gasteiger partial charge in [0, 0.05) is 0 Å². The van der Waals surface area contributed by atoms with E-state index in [1.807, 2.05) is 0 Å². The first kappa shape index (κ1) is 64.7. The van der Waals surface area contributed by atoms with E-state index in [0.29, 0.717) is 0 Å². The molecule has 0 radical (unpaired) electrons. The van der Waals surface area contributed by atoms with E-state index in [2.05, 4.69) is 0 Å². The van der Waals surface area contributed by atoms with E-state index in [9.17, 15) is 0 Å². The Kier molecular flexibility index (Phi) is 496. The van der Waals surface area contributed by atoms with Crippen molar-refractivity contribution in [2.75, 3.05) is 0 Å². The minimum Gasteiger partial charge on any atom is -1.00 e. The van der Waals surface area contributed by atoms with E-state index in [1.165, 1.54) is 0 Å². The second kappa shape index (κ2) is 38.3. The summed E-state index contributed by atoms with van der Waals surface area (Å²) in [7, 11) is 0. The fraction of sp³-hybridized carbons (Fsp3) is 0. The Balaban J connectivity index is 0. The van der Waals surface area contributed by atoms with Gasteiger partial charge in [0.15, 0.2) is 0 Å². The monoisotopic (exact) mass is 291 g/mol. The van der Waals surface area contributed by atoms with Gasteiger partial charge >= 0.3 is 51.9 Å². The molecule has 2 nitrogen and oxygen atoms in total. The van der Waals surface area contributed by atoms with E-state index in [-0.39, 0.29) is 75.3 Å². The quantitative estimate of drug-likeness (QED) is 0.398. The van der Waals surface area contributed by atoms with Crippen molar-refractivity contribution in [3.63, 3.8) is 0 Å². The maximum Gasteiger partial charge on any atom is 3.00 e. The van der Waals surface area contributed by atoms with Crippen LogP contribution in [0.3, 0.4) is 0 Å². The molecule has 0 fully saturated rings. The number of hydrogen-bond donors (Lipinski definition) is 0. The van der Waals surface area contributed by atoms with Gasteiger partial charge in [-0.25, -0.2) is 0 Å². The van der Waals surface area contributed by atoms with Crippen LogP contribution in [0, 0.1) is 0 Å². The Bertz CT molecular complexity index is 9.61. The van der Waals surface area contributed by atoms with E-state index in [1.54, 1.807) is 0 Å². The van der Waals surface area contributed by atoms with Crippen LogP contribution in [0.4, 0.5) is 0 Å². The Hall–Kier alpha value is 1.95. The summed E-state index contributed by atoms with van der Waals surface area (Å²) in [5.41, 5.74) is 0. The predicted octanol–water partition coefficient (Wildman–Crippen LogP) is -7.64. The van der Waals surface area contributed by atoms with Gasteiger partial charge in [0.1, 0.15) is 0 Å². The first-order valence-corrected chi connectivity index (χ1v) is 0.